The number of hydrogen-bond acceptors (Lipinski definition) is 3. The molecule has 3 aromatic rings. The van der Waals surface area contributed by atoms with E-state index in [2.05, 4.69) is 10.4 Å². The number of para-hydroxylation sites is 1. The molecule has 5 nitrogen and oxygen atoms in total. The summed E-state index contributed by atoms with van der Waals surface area (Å²) in [4.78, 5) is 24.5. The standard InChI is InChI=1S/C22H23N3O2/c1-16-8-9-17(2)20(12-16)21(26)10-11-22(27)23-13-18-14-24-25(15-18)19-6-4-3-5-7-19/h3-9,12,14-15H,10-11,13H2,1-2H3,(H,23,27). The van der Waals surface area contributed by atoms with Gasteiger partial charge in [0.25, 0.3) is 0 Å². The van der Waals surface area contributed by atoms with Crippen LogP contribution >= 0.6 is 0 Å². The van der Waals surface area contributed by atoms with Gasteiger partial charge in [0.15, 0.2) is 5.78 Å². The number of carbonyl (C=O) groups is 2. The average Bonchev–Trinajstić information content (AvgIpc) is 3.16. The number of nitrogens with one attached hydrogen (secondary N) is 1. The van der Waals surface area contributed by atoms with Gasteiger partial charge in [-0.05, 0) is 37.6 Å². The highest BCUT2D eigenvalue weighted by Gasteiger charge is 2.12. The van der Waals surface area contributed by atoms with Gasteiger partial charge in [-0.2, -0.15) is 5.10 Å². The van der Waals surface area contributed by atoms with E-state index in [0.29, 0.717) is 12.1 Å². The maximum absolute atomic E-state index is 12.4. The van der Waals surface area contributed by atoms with Crippen molar-refractivity contribution in [1.82, 2.24) is 15.1 Å². The molecule has 0 atom stereocenters. The fourth-order valence-corrected chi connectivity index (χ4v) is 2.86. The third-order valence-corrected chi connectivity index (χ3v) is 4.42. The fraction of sp³-hybridized carbons (Fsp3) is 0.227. The number of ketones is 1. The lowest BCUT2D eigenvalue weighted by Crippen LogP contribution is -2.23. The van der Waals surface area contributed by atoms with E-state index in [1.54, 1.807) is 10.9 Å². The number of amides is 1. The molecule has 0 saturated carbocycles. The topological polar surface area (TPSA) is 64.0 Å². The van der Waals surface area contributed by atoms with Gasteiger partial charge < -0.3 is 5.32 Å². The molecule has 3 rings (SSSR count). The van der Waals surface area contributed by atoms with Crippen LogP contribution in [-0.4, -0.2) is 21.5 Å². The van der Waals surface area contributed by atoms with Crippen molar-refractivity contribution in [2.24, 2.45) is 0 Å². The zero-order chi connectivity index (χ0) is 19.2. The summed E-state index contributed by atoms with van der Waals surface area (Å²) in [5.74, 6) is -0.135. The van der Waals surface area contributed by atoms with E-state index in [4.69, 9.17) is 0 Å². The van der Waals surface area contributed by atoms with Crippen LogP contribution in [0.25, 0.3) is 5.69 Å². The van der Waals surface area contributed by atoms with Gasteiger partial charge in [-0.3, -0.25) is 9.59 Å². The summed E-state index contributed by atoms with van der Waals surface area (Å²) in [5, 5.41) is 7.16. The van der Waals surface area contributed by atoms with Gasteiger partial charge in [0.2, 0.25) is 5.91 Å². The third kappa shape index (κ3) is 4.91. The van der Waals surface area contributed by atoms with Crippen molar-refractivity contribution in [3.8, 4) is 5.69 Å². The van der Waals surface area contributed by atoms with E-state index in [-0.39, 0.29) is 24.5 Å². The summed E-state index contributed by atoms with van der Waals surface area (Å²) in [7, 11) is 0. The normalized spacial score (nSPS) is 10.6. The van der Waals surface area contributed by atoms with E-state index >= 15 is 0 Å². The maximum atomic E-state index is 12.4. The molecule has 0 saturated heterocycles. The van der Waals surface area contributed by atoms with Crippen molar-refractivity contribution < 1.29 is 9.59 Å². The molecule has 0 unspecified atom stereocenters. The van der Waals surface area contributed by atoms with Crippen LogP contribution < -0.4 is 5.32 Å². The molecular formula is C22H23N3O2. The summed E-state index contributed by atoms with van der Waals surface area (Å²) >= 11 is 0. The Hall–Kier alpha value is -3.21. The zero-order valence-corrected chi connectivity index (χ0v) is 15.6. The lowest BCUT2D eigenvalue weighted by Gasteiger charge is -2.07. The molecule has 1 aromatic heterocycles. The van der Waals surface area contributed by atoms with Gasteiger partial charge in [0, 0.05) is 36.7 Å². The largest absolute Gasteiger partial charge is 0.352 e. The Labute approximate surface area is 159 Å². The molecule has 138 valence electrons. The van der Waals surface area contributed by atoms with Gasteiger partial charge in [-0.15, -0.1) is 0 Å². The number of hydrogen-bond donors (Lipinski definition) is 1. The lowest BCUT2D eigenvalue weighted by atomic mass is 9.99. The van der Waals surface area contributed by atoms with Crippen LogP contribution in [0.5, 0.6) is 0 Å². The van der Waals surface area contributed by atoms with E-state index in [1.807, 2.05) is 68.6 Å². The predicted molar refractivity (Wildman–Crippen MR) is 105 cm³/mol. The third-order valence-electron chi connectivity index (χ3n) is 4.42. The van der Waals surface area contributed by atoms with Crippen LogP contribution in [-0.2, 0) is 11.3 Å². The molecule has 0 aliphatic carbocycles. The first kappa shape index (κ1) is 18.6. The Kier molecular flexibility index (Phi) is 5.81. The monoisotopic (exact) mass is 361 g/mol. The first-order chi connectivity index (χ1) is 13.0. The number of benzene rings is 2. The minimum absolute atomic E-state index is 0.00301. The Bertz CT molecular complexity index is 945. The average molecular weight is 361 g/mol. The van der Waals surface area contributed by atoms with Gasteiger partial charge in [0.1, 0.15) is 0 Å². The number of rotatable bonds is 7. The molecule has 5 heteroatoms. The minimum atomic E-state index is -0.138. The molecule has 27 heavy (non-hydrogen) atoms. The van der Waals surface area contributed by atoms with Crippen molar-refractivity contribution in [1.29, 1.82) is 0 Å². The molecule has 0 fully saturated rings. The molecular weight excluding hydrogens is 338 g/mol. The van der Waals surface area contributed by atoms with Crippen LogP contribution in [0.4, 0.5) is 0 Å². The zero-order valence-electron chi connectivity index (χ0n) is 15.6. The highest BCUT2D eigenvalue weighted by atomic mass is 16.2. The number of aryl methyl sites for hydroxylation is 2. The van der Waals surface area contributed by atoms with Gasteiger partial charge in [-0.25, -0.2) is 4.68 Å². The second kappa shape index (κ2) is 8.45. The smallest absolute Gasteiger partial charge is 0.220 e. The molecule has 1 amide bonds. The summed E-state index contributed by atoms with van der Waals surface area (Å²) in [6.45, 7) is 4.26. The predicted octanol–water partition coefficient (Wildman–Crippen LogP) is 3.77. The van der Waals surface area contributed by atoms with E-state index in [0.717, 1.165) is 22.4 Å². The minimum Gasteiger partial charge on any atom is -0.352 e. The maximum Gasteiger partial charge on any atom is 0.220 e. The van der Waals surface area contributed by atoms with Crippen molar-refractivity contribution in [2.75, 3.05) is 0 Å². The Balaban J connectivity index is 1.49. The molecule has 0 aliphatic heterocycles. The van der Waals surface area contributed by atoms with Crippen LogP contribution in [0.15, 0.2) is 60.9 Å². The van der Waals surface area contributed by atoms with E-state index in [9.17, 15) is 9.59 Å². The summed E-state index contributed by atoms with van der Waals surface area (Å²) in [6, 6.07) is 15.6. The van der Waals surface area contributed by atoms with Crippen molar-refractivity contribution >= 4 is 11.7 Å². The lowest BCUT2D eigenvalue weighted by molar-refractivity contribution is -0.121. The van der Waals surface area contributed by atoms with E-state index < -0.39 is 0 Å². The molecule has 1 N–H and O–H groups in total. The molecule has 0 bridgehead atoms. The van der Waals surface area contributed by atoms with Gasteiger partial charge in [0.05, 0.1) is 11.9 Å². The molecule has 0 spiro atoms. The SMILES string of the molecule is Cc1ccc(C)c(C(=O)CCC(=O)NCc2cnn(-c3ccccc3)c2)c1. The van der Waals surface area contributed by atoms with Crippen molar-refractivity contribution in [3.05, 3.63) is 83.2 Å². The molecule has 0 aliphatic rings. The first-order valence-corrected chi connectivity index (χ1v) is 8.99. The summed E-state index contributed by atoms with van der Waals surface area (Å²) in [5.41, 5.74) is 4.57. The Morgan fingerprint density at radius 3 is 2.59 bits per heavy atom. The Morgan fingerprint density at radius 2 is 1.81 bits per heavy atom. The number of carbonyl (C=O) groups excluding carboxylic acids is 2. The van der Waals surface area contributed by atoms with Crippen LogP contribution in [0, 0.1) is 13.8 Å². The van der Waals surface area contributed by atoms with Crippen LogP contribution in [0.2, 0.25) is 0 Å². The number of aromatic nitrogens is 2. The second-order valence-corrected chi connectivity index (χ2v) is 6.65. The Morgan fingerprint density at radius 1 is 1.04 bits per heavy atom. The van der Waals surface area contributed by atoms with Crippen molar-refractivity contribution in [2.45, 2.75) is 33.2 Å². The van der Waals surface area contributed by atoms with Gasteiger partial charge in [-0.1, -0.05) is 35.9 Å². The highest BCUT2D eigenvalue weighted by molar-refractivity contribution is 5.99. The second-order valence-electron chi connectivity index (χ2n) is 6.65. The summed E-state index contributed by atoms with van der Waals surface area (Å²) < 4.78 is 1.77. The summed E-state index contributed by atoms with van der Waals surface area (Å²) in [6.07, 6.45) is 4.00. The van der Waals surface area contributed by atoms with Crippen molar-refractivity contribution in [3.63, 3.8) is 0 Å². The van der Waals surface area contributed by atoms with Crippen LogP contribution in [0.3, 0.4) is 0 Å². The first-order valence-electron chi connectivity index (χ1n) is 8.99. The van der Waals surface area contributed by atoms with Gasteiger partial charge >= 0.3 is 0 Å². The fourth-order valence-electron chi connectivity index (χ4n) is 2.86. The number of nitrogens with zero attached hydrogens (tertiary/aromatic N) is 2. The molecule has 0 radical (unpaired) electrons. The molecule has 1 heterocycles. The quantitative estimate of drug-likeness (QED) is 0.652. The van der Waals surface area contributed by atoms with Crippen LogP contribution in [0.1, 0.15) is 39.9 Å². The molecule has 2 aromatic carbocycles. The van der Waals surface area contributed by atoms with E-state index in [1.165, 1.54) is 0 Å². The highest BCUT2D eigenvalue weighted by Crippen LogP contribution is 2.14. The number of Topliss-reactive ketones (excluding diaryl/α,β-unsaturated/α-hetero) is 1.